The Bertz CT molecular complexity index is 411. The SMILES string of the molecule is CN(C)CCCC(=O)OC(C1COC(C)(C)O1)C1COC(C)(C)O1. The summed E-state index contributed by atoms with van der Waals surface area (Å²) < 4.78 is 28.7. The summed E-state index contributed by atoms with van der Waals surface area (Å²) in [6, 6.07) is 0. The lowest BCUT2D eigenvalue weighted by Gasteiger charge is -2.28. The number of carbonyl (C=O) groups excluding carboxylic acids is 1. The minimum atomic E-state index is -0.685. The van der Waals surface area contributed by atoms with Gasteiger partial charge in [0.1, 0.15) is 12.2 Å². The molecule has 7 nitrogen and oxygen atoms in total. The van der Waals surface area contributed by atoms with Crippen molar-refractivity contribution >= 4 is 5.97 Å². The maximum Gasteiger partial charge on any atom is 0.306 e. The first kappa shape index (κ1) is 19.6. The van der Waals surface area contributed by atoms with Gasteiger partial charge in [-0.15, -0.1) is 0 Å². The van der Waals surface area contributed by atoms with Crippen molar-refractivity contribution in [2.45, 2.75) is 70.4 Å². The molecule has 2 unspecified atom stereocenters. The van der Waals surface area contributed by atoms with E-state index in [4.69, 9.17) is 23.7 Å². The van der Waals surface area contributed by atoms with Crippen LogP contribution >= 0.6 is 0 Å². The van der Waals surface area contributed by atoms with Gasteiger partial charge in [-0.25, -0.2) is 0 Å². The van der Waals surface area contributed by atoms with Gasteiger partial charge in [0.2, 0.25) is 0 Å². The molecule has 2 fully saturated rings. The molecule has 0 spiro atoms. The Balaban J connectivity index is 1.97. The third-order valence-corrected chi connectivity index (χ3v) is 4.05. The van der Waals surface area contributed by atoms with E-state index in [-0.39, 0.29) is 18.2 Å². The lowest BCUT2D eigenvalue weighted by molar-refractivity contribution is -0.195. The van der Waals surface area contributed by atoms with Crippen LogP contribution in [0.2, 0.25) is 0 Å². The Morgan fingerprint density at radius 1 is 1.08 bits per heavy atom. The lowest BCUT2D eigenvalue weighted by Crippen LogP contribution is -2.45. The molecule has 2 rings (SSSR count). The van der Waals surface area contributed by atoms with Gasteiger partial charge >= 0.3 is 5.97 Å². The molecule has 2 aliphatic heterocycles. The molecule has 24 heavy (non-hydrogen) atoms. The Hall–Kier alpha value is -0.730. The van der Waals surface area contributed by atoms with Gasteiger partial charge in [0.05, 0.1) is 13.2 Å². The summed E-state index contributed by atoms with van der Waals surface area (Å²) in [5, 5.41) is 0. The number of nitrogens with zero attached hydrogens (tertiary/aromatic N) is 1. The summed E-state index contributed by atoms with van der Waals surface area (Å²) in [7, 11) is 3.96. The molecule has 2 heterocycles. The normalized spacial score (nSPS) is 29.8. The summed E-state index contributed by atoms with van der Waals surface area (Å²) in [6.07, 6.45) is -0.150. The zero-order valence-electron chi connectivity index (χ0n) is 15.7. The van der Waals surface area contributed by atoms with Gasteiger partial charge < -0.3 is 28.6 Å². The van der Waals surface area contributed by atoms with E-state index in [0.29, 0.717) is 19.6 Å². The van der Waals surface area contributed by atoms with Crippen LogP contribution in [-0.4, -0.2) is 74.6 Å². The van der Waals surface area contributed by atoms with Crippen molar-refractivity contribution in [3.05, 3.63) is 0 Å². The van der Waals surface area contributed by atoms with Crippen LogP contribution in [0.5, 0.6) is 0 Å². The summed E-state index contributed by atoms with van der Waals surface area (Å²) in [5.74, 6) is -1.62. The highest BCUT2D eigenvalue weighted by molar-refractivity contribution is 5.69. The molecular weight excluding hydrogens is 314 g/mol. The van der Waals surface area contributed by atoms with Gasteiger partial charge in [-0.05, 0) is 54.8 Å². The van der Waals surface area contributed by atoms with E-state index in [1.54, 1.807) is 0 Å². The predicted molar refractivity (Wildman–Crippen MR) is 87.5 cm³/mol. The second-order valence-electron chi connectivity index (χ2n) is 7.60. The summed E-state index contributed by atoms with van der Waals surface area (Å²) in [5.41, 5.74) is 0. The lowest BCUT2D eigenvalue weighted by atomic mass is 10.1. The molecule has 7 heteroatoms. The van der Waals surface area contributed by atoms with Crippen molar-refractivity contribution in [1.82, 2.24) is 4.90 Å². The van der Waals surface area contributed by atoms with Crippen molar-refractivity contribution < 1.29 is 28.5 Å². The smallest absolute Gasteiger partial charge is 0.306 e. The van der Waals surface area contributed by atoms with Crippen LogP contribution in [0.15, 0.2) is 0 Å². The van der Waals surface area contributed by atoms with E-state index in [2.05, 4.69) is 0 Å². The largest absolute Gasteiger partial charge is 0.457 e. The van der Waals surface area contributed by atoms with Crippen molar-refractivity contribution in [3.63, 3.8) is 0 Å². The van der Waals surface area contributed by atoms with Crippen molar-refractivity contribution in [2.75, 3.05) is 33.9 Å². The van der Waals surface area contributed by atoms with E-state index >= 15 is 0 Å². The number of esters is 1. The molecule has 0 aromatic rings. The molecule has 2 saturated heterocycles. The fraction of sp³-hybridized carbons (Fsp3) is 0.941. The van der Waals surface area contributed by atoms with Crippen LogP contribution in [0.25, 0.3) is 0 Å². The third kappa shape index (κ3) is 5.67. The molecular formula is C17H31NO6. The molecule has 2 aliphatic rings. The zero-order chi connectivity index (χ0) is 18.0. The van der Waals surface area contributed by atoms with Crippen molar-refractivity contribution in [1.29, 1.82) is 0 Å². The summed E-state index contributed by atoms with van der Waals surface area (Å²) in [4.78, 5) is 14.3. The van der Waals surface area contributed by atoms with Gasteiger partial charge in [0.15, 0.2) is 17.7 Å². The topological polar surface area (TPSA) is 66.5 Å². The van der Waals surface area contributed by atoms with Crippen LogP contribution in [-0.2, 0) is 28.5 Å². The zero-order valence-corrected chi connectivity index (χ0v) is 15.7. The standard InChI is InChI=1S/C17H31NO6/c1-16(2)20-10-12(23-16)15(13-11-21-17(3,4)24-13)22-14(19)8-7-9-18(5)6/h12-13,15H,7-11H2,1-6H3. The number of rotatable bonds is 7. The van der Waals surface area contributed by atoms with E-state index < -0.39 is 17.7 Å². The first-order valence-electron chi connectivity index (χ1n) is 8.56. The van der Waals surface area contributed by atoms with Gasteiger partial charge in [-0.1, -0.05) is 0 Å². The third-order valence-electron chi connectivity index (χ3n) is 4.05. The van der Waals surface area contributed by atoms with Crippen LogP contribution in [0, 0.1) is 0 Å². The molecule has 0 radical (unpaired) electrons. The first-order valence-corrected chi connectivity index (χ1v) is 8.56. The van der Waals surface area contributed by atoms with Gasteiger partial charge in [0, 0.05) is 6.42 Å². The van der Waals surface area contributed by atoms with Crippen LogP contribution < -0.4 is 0 Å². The fourth-order valence-corrected chi connectivity index (χ4v) is 2.90. The second-order valence-corrected chi connectivity index (χ2v) is 7.60. The minimum absolute atomic E-state index is 0.247. The monoisotopic (exact) mass is 345 g/mol. The molecule has 2 atom stereocenters. The highest BCUT2D eigenvalue weighted by Crippen LogP contribution is 2.32. The van der Waals surface area contributed by atoms with Crippen molar-refractivity contribution in [3.8, 4) is 0 Å². The Kier molecular flexibility index (Phi) is 6.25. The highest BCUT2D eigenvalue weighted by atomic mass is 16.8. The molecule has 0 bridgehead atoms. The number of hydrogen-bond acceptors (Lipinski definition) is 7. The van der Waals surface area contributed by atoms with Crippen LogP contribution in [0.4, 0.5) is 0 Å². The Morgan fingerprint density at radius 2 is 1.58 bits per heavy atom. The van der Waals surface area contributed by atoms with Gasteiger partial charge in [-0.3, -0.25) is 4.79 Å². The Labute approximate surface area is 144 Å². The maximum absolute atomic E-state index is 12.2. The number of hydrogen-bond donors (Lipinski definition) is 0. The fourth-order valence-electron chi connectivity index (χ4n) is 2.90. The number of ether oxygens (including phenoxy) is 5. The summed E-state index contributed by atoms with van der Waals surface area (Å²) in [6.45, 7) is 8.95. The molecule has 0 aromatic heterocycles. The molecule has 0 aliphatic carbocycles. The van der Waals surface area contributed by atoms with E-state index in [0.717, 1.165) is 13.0 Å². The average Bonchev–Trinajstić information content (AvgIpc) is 2.98. The highest BCUT2D eigenvalue weighted by Gasteiger charge is 2.47. The predicted octanol–water partition coefficient (Wildman–Crippen LogP) is 1.54. The minimum Gasteiger partial charge on any atom is -0.457 e. The average molecular weight is 345 g/mol. The second kappa shape index (κ2) is 7.66. The maximum atomic E-state index is 12.2. The van der Waals surface area contributed by atoms with Gasteiger partial charge in [-0.2, -0.15) is 0 Å². The number of carbonyl (C=O) groups is 1. The van der Waals surface area contributed by atoms with E-state index in [1.807, 2.05) is 46.7 Å². The Morgan fingerprint density at radius 3 is 1.96 bits per heavy atom. The van der Waals surface area contributed by atoms with Gasteiger partial charge in [0.25, 0.3) is 0 Å². The van der Waals surface area contributed by atoms with Crippen molar-refractivity contribution in [2.24, 2.45) is 0 Å². The van der Waals surface area contributed by atoms with Crippen LogP contribution in [0.1, 0.15) is 40.5 Å². The molecule has 0 N–H and O–H groups in total. The quantitative estimate of drug-likeness (QED) is 0.649. The van der Waals surface area contributed by atoms with E-state index in [9.17, 15) is 4.79 Å². The molecule has 0 amide bonds. The molecule has 0 aromatic carbocycles. The summed E-state index contributed by atoms with van der Waals surface area (Å²) >= 11 is 0. The molecule has 140 valence electrons. The van der Waals surface area contributed by atoms with E-state index in [1.165, 1.54) is 0 Å². The molecule has 0 saturated carbocycles. The van der Waals surface area contributed by atoms with Crippen LogP contribution in [0.3, 0.4) is 0 Å². The first-order chi connectivity index (χ1) is 11.1.